The molecule has 0 saturated carbocycles. The summed E-state index contributed by atoms with van der Waals surface area (Å²) >= 11 is 0. The molecule has 2 aliphatic heterocycles. The van der Waals surface area contributed by atoms with Crippen LogP contribution in [0, 0.1) is 5.92 Å². The maximum absolute atomic E-state index is 11.9. The Bertz CT molecular complexity index is 676. The van der Waals surface area contributed by atoms with Gasteiger partial charge in [-0.3, -0.25) is 14.9 Å². The number of urea groups is 1. The minimum atomic E-state index is -0.529. The topological polar surface area (TPSA) is 97.0 Å². The molecule has 8 heteroatoms. The Labute approximate surface area is 139 Å². The number of carbonyl (C=O) groups is 3. The minimum absolute atomic E-state index is 0.0754. The number of hydrogen-bond acceptors (Lipinski definition) is 5. The van der Waals surface area contributed by atoms with E-state index in [0.717, 1.165) is 23.5 Å². The van der Waals surface area contributed by atoms with Crippen LogP contribution in [0.4, 0.5) is 4.79 Å². The number of nitrogens with one attached hydrogen (secondary N) is 2. The number of carbonyl (C=O) groups excluding carboxylic acids is 3. The summed E-state index contributed by atoms with van der Waals surface area (Å²) in [6, 6.07) is 5.17. The molecule has 2 aliphatic rings. The third-order valence-corrected chi connectivity index (χ3v) is 4.05. The van der Waals surface area contributed by atoms with E-state index in [4.69, 9.17) is 9.47 Å². The van der Waals surface area contributed by atoms with Gasteiger partial charge in [0.15, 0.2) is 0 Å². The zero-order valence-electron chi connectivity index (χ0n) is 13.3. The molecule has 1 fully saturated rings. The summed E-state index contributed by atoms with van der Waals surface area (Å²) in [5.74, 6) is 1.04. The van der Waals surface area contributed by atoms with Crippen molar-refractivity contribution in [1.82, 2.24) is 15.5 Å². The minimum Gasteiger partial charge on any atom is -0.497 e. The molecule has 24 heavy (non-hydrogen) atoms. The average molecular weight is 333 g/mol. The van der Waals surface area contributed by atoms with Crippen LogP contribution in [0.15, 0.2) is 18.2 Å². The number of methoxy groups -OCH3 is 1. The maximum Gasteiger partial charge on any atom is 0.325 e. The second kappa shape index (κ2) is 6.77. The van der Waals surface area contributed by atoms with E-state index in [-0.39, 0.29) is 30.8 Å². The molecule has 4 amide bonds. The first-order valence-corrected chi connectivity index (χ1v) is 7.70. The van der Waals surface area contributed by atoms with E-state index in [0.29, 0.717) is 13.2 Å². The molecule has 0 radical (unpaired) electrons. The van der Waals surface area contributed by atoms with E-state index in [1.54, 1.807) is 7.11 Å². The number of hydrogen-bond donors (Lipinski definition) is 2. The van der Waals surface area contributed by atoms with Crippen LogP contribution < -0.4 is 20.1 Å². The van der Waals surface area contributed by atoms with Crippen molar-refractivity contribution in [2.24, 2.45) is 5.92 Å². The standard InChI is InChI=1S/C16H19N3O5/c1-23-12-3-2-11-4-10(9-24-13(11)5-12)6-17-14(20)7-19-8-15(21)18-16(19)22/h2-3,5,10H,4,6-9H2,1H3,(H,17,20)(H,18,21,22). The summed E-state index contributed by atoms with van der Waals surface area (Å²) < 4.78 is 10.9. The van der Waals surface area contributed by atoms with Crippen molar-refractivity contribution in [3.63, 3.8) is 0 Å². The zero-order valence-corrected chi connectivity index (χ0v) is 13.3. The lowest BCUT2D eigenvalue weighted by Gasteiger charge is -2.26. The van der Waals surface area contributed by atoms with Gasteiger partial charge in [0.05, 0.1) is 13.7 Å². The summed E-state index contributed by atoms with van der Waals surface area (Å²) in [7, 11) is 1.61. The van der Waals surface area contributed by atoms with Gasteiger partial charge in [0.25, 0.3) is 0 Å². The summed E-state index contributed by atoms with van der Waals surface area (Å²) in [6.45, 7) is 0.754. The van der Waals surface area contributed by atoms with E-state index >= 15 is 0 Å². The number of benzene rings is 1. The highest BCUT2D eigenvalue weighted by Gasteiger charge is 2.28. The summed E-state index contributed by atoms with van der Waals surface area (Å²) in [5.41, 5.74) is 1.07. The maximum atomic E-state index is 11.9. The fourth-order valence-electron chi connectivity index (χ4n) is 2.77. The second-order valence-corrected chi connectivity index (χ2v) is 5.87. The number of rotatable bonds is 5. The van der Waals surface area contributed by atoms with Crippen LogP contribution in [0.5, 0.6) is 11.5 Å². The van der Waals surface area contributed by atoms with Gasteiger partial charge in [-0.1, -0.05) is 6.07 Å². The largest absolute Gasteiger partial charge is 0.497 e. The third kappa shape index (κ3) is 3.58. The van der Waals surface area contributed by atoms with Crippen molar-refractivity contribution in [3.05, 3.63) is 23.8 Å². The Morgan fingerprint density at radius 2 is 2.29 bits per heavy atom. The van der Waals surface area contributed by atoms with Crippen LogP contribution in [0.3, 0.4) is 0 Å². The van der Waals surface area contributed by atoms with E-state index in [2.05, 4.69) is 10.6 Å². The molecule has 1 atom stereocenters. The molecule has 0 aliphatic carbocycles. The lowest BCUT2D eigenvalue weighted by Crippen LogP contribution is -2.42. The number of nitrogens with zero attached hydrogens (tertiary/aromatic N) is 1. The molecular formula is C16H19N3O5. The molecule has 1 unspecified atom stereocenters. The zero-order chi connectivity index (χ0) is 17.1. The normalized spacial score (nSPS) is 19.4. The Kier molecular flexibility index (Phi) is 4.54. The summed E-state index contributed by atoms with van der Waals surface area (Å²) in [4.78, 5) is 35.6. The van der Waals surface area contributed by atoms with Gasteiger partial charge in [-0.15, -0.1) is 0 Å². The summed E-state index contributed by atoms with van der Waals surface area (Å²) in [5, 5.41) is 4.93. The first-order valence-electron chi connectivity index (χ1n) is 7.70. The molecule has 1 aromatic carbocycles. The highest BCUT2D eigenvalue weighted by Crippen LogP contribution is 2.30. The highest BCUT2D eigenvalue weighted by atomic mass is 16.5. The van der Waals surface area contributed by atoms with Gasteiger partial charge in [0.2, 0.25) is 11.8 Å². The molecule has 1 aromatic rings. The van der Waals surface area contributed by atoms with Crippen molar-refractivity contribution in [2.75, 3.05) is 33.4 Å². The molecule has 3 rings (SSSR count). The Morgan fingerprint density at radius 3 is 3.00 bits per heavy atom. The highest BCUT2D eigenvalue weighted by molar-refractivity contribution is 6.03. The molecule has 0 bridgehead atoms. The lowest BCUT2D eigenvalue weighted by molar-refractivity contribution is -0.122. The Hall–Kier alpha value is -2.77. The van der Waals surface area contributed by atoms with Gasteiger partial charge in [-0.2, -0.15) is 0 Å². The van der Waals surface area contributed by atoms with Gasteiger partial charge in [0, 0.05) is 18.5 Å². The van der Waals surface area contributed by atoms with Gasteiger partial charge < -0.3 is 19.7 Å². The Morgan fingerprint density at radius 1 is 1.46 bits per heavy atom. The van der Waals surface area contributed by atoms with E-state index in [1.165, 1.54) is 4.90 Å². The van der Waals surface area contributed by atoms with Crippen molar-refractivity contribution in [2.45, 2.75) is 6.42 Å². The number of imide groups is 1. The molecule has 8 nitrogen and oxygen atoms in total. The summed E-state index contributed by atoms with van der Waals surface area (Å²) in [6.07, 6.45) is 0.794. The van der Waals surface area contributed by atoms with E-state index < -0.39 is 6.03 Å². The molecule has 1 saturated heterocycles. The fourth-order valence-corrected chi connectivity index (χ4v) is 2.77. The average Bonchev–Trinajstić information content (AvgIpc) is 2.89. The van der Waals surface area contributed by atoms with Gasteiger partial charge in [-0.05, 0) is 18.1 Å². The molecule has 2 N–H and O–H groups in total. The Balaban J connectivity index is 1.48. The first-order chi connectivity index (χ1) is 11.5. The van der Waals surface area contributed by atoms with E-state index in [1.807, 2.05) is 18.2 Å². The molecule has 0 spiro atoms. The van der Waals surface area contributed by atoms with Crippen molar-refractivity contribution in [3.8, 4) is 11.5 Å². The van der Waals surface area contributed by atoms with E-state index in [9.17, 15) is 14.4 Å². The van der Waals surface area contributed by atoms with Crippen molar-refractivity contribution in [1.29, 1.82) is 0 Å². The fraction of sp³-hybridized carbons (Fsp3) is 0.438. The smallest absolute Gasteiger partial charge is 0.325 e. The van der Waals surface area contributed by atoms with Gasteiger partial charge in [0.1, 0.15) is 24.6 Å². The van der Waals surface area contributed by atoms with Crippen molar-refractivity contribution < 1.29 is 23.9 Å². The SMILES string of the molecule is COc1ccc2c(c1)OCC(CNC(=O)CN1CC(=O)NC1=O)C2. The van der Waals surface area contributed by atoms with Crippen LogP contribution in [-0.4, -0.2) is 56.1 Å². The molecule has 128 valence electrons. The third-order valence-electron chi connectivity index (χ3n) is 4.05. The van der Waals surface area contributed by atoms with Crippen LogP contribution in [-0.2, 0) is 16.0 Å². The molecule has 2 heterocycles. The lowest BCUT2D eigenvalue weighted by atomic mass is 9.96. The van der Waals surface area contributed by atoms with Crippen LogP contribution in [0.1, 0.15) is 5.56 Å². The van der Waals surface area contributed by atoms with Gasteiger partial charge >= 0.3 is 6.03 Å². The van der Waals surface area contributed by atoms with Gasteiger partial charge in [-0.25, -0.2) is 4.79 Å². The first kappa shape index (κ1) is 16.1. The molecular weight excluding hydrogens is 314 g/mol. The van der Waals surface area contributed by atoms with Crippen LogP contribution >= 0.6 is 0 Å². The molecule has 0 aromatic heterocycles. The predicted octanol–water partition coefficient (Wildman–Crippen LogP) is -0.0857. The van der Waals surface area contributed by atoms with Crippen molar-refractivity contribution >= 4 is 17.8 Å². The number of amides is 4. The van der Waals surface area contributed by atoms with Crippen LogP contribution in [0.2, 0.25) is 0 Å². The second-order valence-electron chi connectivity index (χ2n) is 5.87. The monoisotopic (exact) mass is 333 g/mol. The number of ether oxygens (including phenoxy) is 2. The number of fused-ring (bicyclic) bond motifs is 1. The van der Waals surface area contributed by atoms with Crippen LogP contribution in [0.25, 0.3) is 0 Å². The predicted molar refractivity (Wildman–Crippen MR) is 83.8 cm³/mol. The quantitative estimate of drug-likeness (QED) is 0.734.